The van der Waals surface area contributed by atoms with E-state index in [0.717, 1.165) is 60.8 Å². The highest BCUT2D eigenvalue weighted by molar-refractivity contribution is 9.10. The van der Waals surface area contributed by atoms with E-state index < -0.39 is 0 Å². The van der Waals surface area contributed by atoms with Crippen LogP contribution < -0.4 is 10.6 Å². The van der Waals surface area contributed by atoms with Gasteiger partial charge in [0.1, 0.15) is 0 Å². The molecule has 0 bridgehead atoms. The number of hydrogen-bond acceptors (Lipinski definition) is 3. The Balaban J connectivity index is 1.53. The lowest BCUT2D eigenvalue weighted by molar-refractivity contribution is -0.115. The first-order chi connectivity index (χ1) is 12.0. The van der Waals surface area contributed by atoms with Gasteiger partial charge in [-0.1, -0.05) is 22.0 Å². The Bertz CT molecular complexity index is 671. The third-order valence-electron chi connectivity index (χ3n) is 5.02. The van der Waals surface area contributed by atoms with Crippen LogP contribution in [0.4, 0.5) is 5.69 Å². The zero-order valence-electron chi connectivity index (χ0n) is 14.8. The second-order valence-electron chi connectivity index (χ2n) is 6.88. The Hall–Kier alpha value is -1.60. The molecule has 136 valence electrons. The number of nitrogens with one attached hydrogen (secondary N) is 2. The minimum Gasteiger partial charge on any atom is -0.381 e. The maximum Gasteiger partial charge on any atom is 0.243 e. The van der Waals surface area contributed by atoms with E-state index in [1.807, 2.05) is 25.1 Å². The molecule has 0 radical (unpaired) electrons. The van der Waals surface area contributed by atoms with Gasteiger partial charge in [-0.05, 0) is 37.5 Å². The lowest BCUT2D eigenvalue weighted by Crippen LogP contribution is -2.44. The van der Waals surface area contributed by atoms with Gasteiger partial charge < -0.3 is 20.3 Å². The van der Waals surface area contributed by atoms with Crippen LogP contribution in [0, 0.1) is 12.3 Å². The summed E-state index contributed by atoms with van der Waals surface area (Å²) < 4.78 is 6.52. The Kier molecular flexibility index (Phi) is 5.64. The fourth-order valence-corrected chi connectivity index (χ4v) is 3.86. The number of nitrogens with zero attached hydrogens (tertiary/aromatic N) is 2. The number of ether oxygens (including phenoxy) is 1. The summed E-state index contributed by atoms with van der Waals surface area (Å²) in [6.45, 7) is 5.76. The molecular weight excluding hydrogens is 384 g/mol. The van der Waals surface area contributed by atoms with Gasteiger partial charge in [0.15, 0.2) is 5.96 Å². The number of rotatable bonds is 3. The number of carbonyl (C=O) groups excluding carboxylic acids is 1. The van der Waals surface area contributed by atoms with E-state index in [-0.39, 0.29) is 17.9 Å². The number of likely N-dealkylation sites (tertiary alicyclic amines) is 1. The molecule has 3 rings (SSSR count). The number of benzene rings is 1. The molecule has 2 heterocycles. The highest BCUT2D eigenvalue weighted by Crippen LogP contribution is 2.38. The molecule has 2 aliphatic heterocycles. The third-order valence-corrected chi connectivity index (χ3v) is 5.51. The van der Waals surface area contributed by atoms with Crippen molar-refractivity contribution < 1.29 is 9.53 Å². The molecule has 25 heavy (non-hydrogen) atoms. The summed E-state index contributed by atoms with van der Waals surface area (Å²) in [6.07, 6.45) is 2.24. The number of hydrogen-bond donors (Lipinski definition) is 2. The van der Waals surface area contributed by atoms with Crippen molar-refractivity contribution in [3.63, 3.8) is 0 Å². The van der Waals surface area contributed by atoms with Crippen molar-refractivity contribution >= 4 is 33.5 Å². The molecule has 1 aromatic rings. The van der Waals surface area contributed by atoms with Crippen molar-refractivity contribution in [1.29, 1.82) is 0 Å². The van der Waals surface area contributed by atoms with Gasteiger partial charge in [-0.25, -0.2) is 0 Å². The summed E-state index contributed by atoms with van der Waals surface area (Å²) in [5.41, 5.74) is 2.12. The summed E-state index contributed by atoms with van der Waals surface area (Å²) in [6, 6.07) is 5.84. The van der Waals surface area contributed by atoms with Crippen molar-refractivity contribution in [3.8, 4) is 0 Å². The smallest absolute Gasteiger partial charge is 0.243 e. The van der Waals surface area contributed by atoms with Crippen LogP contribution >= 0.6 is 15.9 Å². The Morgan fingerprint density at radius 3 is 3.00 bits per heavy atom. The van der Waals surface area contributed by atoms with Crippen LogP contribution in [0.5, 0.6) is 0 Å². The topological polar surface area (TPSA) is 66.0 Å². The Morgan fingerprint density at radius 2 is 2.28 bits per heavy atom. The minimum atomic E-state index is -0.0829. The first kappa shape index (κ1) is 18.2. The van der Waals surface area contributed by atoms with Gasteiger partial charge >= 0.3 is 0 Å². The van der Waals surface area contributed by atoms with E-state index in [9.17, 15) is 4.79 Å². The van der Waals surface area contributed by atoms with Crippen LogP contribution in [0.25, 0.3) is 0 Å². The average molecular weight is 409 g/mol. The van der Waals surface area contributed by atoms with Crippen LogP contribution in [0.15, 0.2) is 27.7 Å². The summed E-state index contributed by atoms with van der Waals surface area (Å²) in [7, 11) is 1.76. The average Bonchev–Trinajstić information content (AvgIpc) is 3.22. The molecule has 0 saturated carbocycles. The standard InChI is InChI=1S/C18H25BrN4O2/c1-13-3-4-14(19)9-15(13)22-16(24)10-21-17(20-2)23-7-5-18(11-23)6-8-25-12-18/h3-4,9H,5-8,10-12H2,1-2H3,(H,20,21)(H,22,24). The summed E-state index contributed by atoms with van der Waals surface area (Å²) in [5.74, 6) is 0.699. The van der Waals surface area contributed by atoms with Crippen molar-refractivity contribution in [2.75, 3.05) is 45.2 Å². The van der Waals surface area contributed by atoms with E-state index in [1.54, 1.807) is 7.05 Å². The van der Waals surface area contributed by atoms with Crippen LogP contribution in [0.1, 0.15) is 18.4 Å². The predicted octanol–water partition coefficient (Wildman–Crippen LogP) is 2.38. The van der Waals surface area contributed by atoms with Crippen molar-refractivity contribution in [2.24, 2.45) is 10.4 Å². The molecule has 2 saturated heterocycles. The number of guanidine groups is 1. The van der Waals surface area contributed by atoms with Gasteiger partial charge in [-0.2, -0.15) is 0 Å². The van der Waals surface area contributed by atoms with Gasteiger partial charge in [-0.3, -0.25) is 9.79 Å². The molecule has 7 heteroatoms. The minimum absolute atomic E-state index is 0.0829. The Labute approximate surface area is 157 Å². The molecule has 6 nitrogen and oxygen atoms in total. The quantitative estimate of drug-likeness (QED) is 0.595. The monoisotopic (exact) mass is 408 g/mol. The van der Waals surface area contributed by atoms with Gasteiger partial charge in [-0.15, -0.1) is 0 Å². The van der Waals surface area contributed by atoms with Gasteiger partial charge in [0, 0.05) is 42.3 Å². The summed E-state index contributed by atoms with van der Waals surface area (Å²) >= 11 is 3.43. The second-order valence-corrected chi connectivity index (χ2v) is 7.80. The van der Waals surface area contributed by atoms with E-state index in [1.165, 1.54) is 0 Å². The van der Waals surface area contributed by atoms with Gasteiger partial charge in [0.2, 0.25) is 5.91 Å². The Morgan fingerprint density at radius 1 is 1.44 bits per heavy atom. The second kappa shape index (κ2) is 7.74. The highest BCUT2D eigenvalue weighted by Gasteiger charge is 2.42. The van der Waals surface area contributed by atoms with Crippen molar-refractivity contribution in [3.05, 3.63) is 28.2 Å². The molecule has 1 atom stereocenters. The van der Waals surface area contributed by atoms with Gasteiger partial charge in [0.05, 0.1) is 13.2 Å². The molecular formula is C18H25BrN4O2. The maximum atomic E-state index is 12.3. The zero-order valence-corrected chi connectivity index (χ0v) is 16.4. The molecule has 1 unspecified atom stereocenters. The van der Waals surface area contributed by atoms with Gasteiger partial charge in [0.25, 0.3) is 0 Å². The normalized spacial score (nSPS) is 23.3. The molecule has 2 fully saturated rings. The van der Waals surface area contributed by atoms with E-state index in [0.29, 0.717) is 0 Å². The fourth-order valence-electron chi connectivity index (χ4n) is 3.50. The summed E-state index contributed by atoms with van der Waals surface area (Å²) in [5, 5.41) is 6.13. The molecule has 2 N–H and O–H groups in total. The van der Waals surface area contributed by atoms with Crippen molar-refractivity contribution in [2.45, 2.75) is 19.8 Å². The third kappa shape index (κ3) is 4.33. The van der Waals surface area contributed by atoms with E-state index in [2.05, 4.69) is 36.5 Å². The largest absolute Gasteiger partial charge is 0.381 e. The van der Waals surface area contributed by atoms with Crippen molar-refractivity contribution in [1.82, 2.24) is 10.2 Å². The number of carbonyl (C=O) groups is 1. The van der Waals surface area contributed by atoms with Crippen LogP contribution in [0.2, 0.25) is 0 Å². The molecule has 1 spiro atoms. The summed E-state index contributed by atoms with van der Waals surface area (Å²) in [4.78, 5) is 18.8. The SMILES string of the molecule is CN=C(NCC(=O)Nc1cc(Br)ccc1C)N1CCC2(CCOC2)C1. The first-order valence-electron chi connectivity index (χ1n) is 8.61. The molecule has 2 aliphatic rings. The maximum absolute atomic E-state index is 12.3. The number of aryl methyl sites for hydroxylation is 1. The number of halogens is 1. The molecule has 1 amide bonds. The first-order valence-corrected chi connectivity index (χ1v) is 9.40. The highest BCUT2D eigenvalue weighted by atomic mass is 79.9. The van der Waals surface area contributed by atoms with Crippen LogP contribution in [-0.4, -0.2) is 56.7 Å². The molecule has 0 aliphatic carbocycles. The van der Waals surface area contributed by atoms with Crippen LogP contribution in [-0.2, 0) is 9.53 Å². The van der Waals surface area contributed by atoms with Crippen LogP contribution in [0.3, 0.4) is 0 Å². The lowest BCUT2D eigenvalue weighted by atomic mass is 9.87. The lowest BCUT2D eigenvalue weighted by Gasteiger charge is -2.24. The van der Waals surface area contributed by atoms with E-state index in [4.69, 9.17) is 4.74 Å². The number of amides is 1. The number of aliphatic imine (C=N–C) groups is 1. The zero-order chi connectivity index (χ0) is 17.9. The fraction of sp³-hybridized carbons (Fsp3) is 0.556. The number of anilines is 1. The van der Waals surface area contributed by atoms with E-state index >= 15 is 0 Å². The predicted molar refractivity (Wildman–Crippen MR) is 103 cm³/mol. The molecule has 1 aromatic carbocycles. The molecule has 0 aromatic heterocycles.